The lowest BCUT2D eigenvalue weighted by molar-refractivity contribution is 0.108. The van der Waals surface area contributed by atoms with Crippen LogP contribution < -0.4 is 10.2 Å². The molecule has 1 atom stereocenters. The molecule has 0 saturated carbocycles. The lowest BCUT2D eigenvalue weighted by Gasteiger charge is -2.35. The van der Waals surface area contributed by atoms with Crippen LogP contribution in [0.2, 0.25) is 0 Å². The Balaban J connectivity index is 1.36. The Morgan fingerprint density at radius 1 is 1.18 bits per heavy atom. The number of aromatic nitrogens is 2. The number of anilines is 1. The van der Waals surface area contributed by atoms with E-state index in [2.05, 4.69) is 15.3 Å². The highest BCUT2D eigenvalue weighted by molar-refractivity contribution is 5.74. The van der Waals surface area contributed by atoms with Gasteiger partial charge in [0.2, 0.25) is 0 Å². The Morgan fingerprint density at radius 3 is 2.68 bits per heavy atom. The molecule has 7 nitrogen and oxygen atoms in total. The van der Waals surface area contributed by atoms with Crippen LogP contribution in [-0.4, -0.2) is 66.3 Å². The summed E-state index contributed by atoms with van der Waals surface area (Å²) in [5.74, 6) is -0.141. The number of nitrogens with zero attached hydrogens (tertiary/aromatic N) is 4. The second kappa shape index (κ2) is 8.52. The minimum Gasteiger partial charge on any atom is -0.376 e. The maximum Gasteiger partial charge on any atom is 0.317 e. The number of hydrogen-bond donors (Lipinski definition) is 1. The van der Waals surface area contributed by atoms with Crippen molar-refractivity contribution < 1.29 is 13.9 Å². The standard InChI is InChI=1S/C20H24FN5O2/c21-17-18(15-5-2-1-3-6-15)23-14-24-19(17)25-8-10-26(11-9-25)20(27)22-13-16-7-4-12-28-16/h1-3,5-6,14,16H,4,7-13H2,(H,22,27). The quantitative estimate of drug-likeness (QED) is 0.875. The second-order valence-corrected chi connectivity index (χ2v) is 7.02. The third kappa shape index (κ3) is 4.06. The maximum atomic E-state index is 15.0. The number of benzene rings is 1. The van der Waals surface area contributed by atoms with Crippen LogP contribution in [0.1, 0.15) is 12.8 Å². The zero-order chi connectivity index (χ0) is 19.3. The van der Waals surface area contributed by atoms with Crippen LogP contribution in [0.3, 0.4) is 0 Å². The number of hydrogen-bond acceptors (Lipinski definition) is 5. The summed E-state index contributed by atoms with van der Waals surface area (Å²) in [6.07, 6.45) is 3.55. The van der Waals surface area contributed by atoms with E-state index in [1.165, 1.54) is 6.33 Å². The summed E-state index contributed by atoms with van der Waals surface area (Å²) in [4.78, 5) is 24.2. The lowest BCUT2D eigenvalue weighted by atomic mass is 10.1. The van der Waals surface area contributed by atoms with Crippen molar-refractivity contribution in [2.24, 2.45) is 0 Å². The third-order valence-corrected chi connectivity index (χ3v) is 5.19. The highest BCUT2D eigenvalue weighted by atomic mass is 19.1. The minimum atomic E-state index is -0.426. The Labute approximate surface area is 163 Å². The Hall–Kier alpha value is -2.74. The highest BCUT2D eigenvalue weighted by Crippen LogP contribution is 2.26. The largest absolute Gasteiger partial charge is 0.376 e. The fourth-order valence-corrected chi connectivity index (χ4v) is 3.62. The molecule has 8 heteroatoms. The molecule has 2 aromatic rings. The van der Waals surface area contributed by atoms with Crippen molar-refractivity contribution >= 4 is 11.8 Å². The number of piperazine rings is 1. The van der Waals surface area contributed by atoms with Gasteiger partial charge in [-0.2, -0.15) is 0 Å². The van der Waals surface area contributed by atoms with Crippen molar-refractivity contribution in [1.29, 1.82) is 0 Å². The molecule has 2 amide bonds. The molecule has 0 spiro atoms. The molecule has 1 aromatic carbocycles. The van der Waals surface area contributed by atoms with Gasteiger partial charge in [-0.3, -0.25) is 0 Å². The molecule has 2 aliphatic rings. The van der Waals surface area contributed by atoms with Gasteiger partial charge in [0.25, 0.3) is 0 Å². The number of carbonyl (C=O) groups excluding carboxylic acids is 1. The summed E-state index contributed by atoms with van der Waals surface area (Å²) in [5.41, 5.74) is 1.01. The van der Waals surface area contributed by atoms with E-state index in [9.17, 15) is 4.79 Å². The van der Waals surface area contributed by atoms with Gasteiger partial charge in [-0.1, -0.05) is 30.3 Å². The normalized spacial score (nSPS) is 19.7. The second-order valence-electron chi connectivity index (χ2n) is 7.02. The lowest BCUT2D eigenvalue weighted by Crippen LogP contribution is -2.53. The fourth-order valence-electron chi connectivity index (χ4n) is 3.62. The van der Waals surface area contributed by atoms with Crippen molar-refractivity contribution in [3.8, 4) is 11.3 Å². The monoisotopic (exact) mass is 385 g/mol. The van der Waals surface area contributed by atoms with Crippen molar-refractivity contribution in [2.45, 2.75) is 18.9 Å². The van der Waals surface area contributed by atoms with Gasteiger partial charge in [0, 0.05) is 44.9 Å². The van der Waals surface area contributed by atoms with Crippen LogP contribution in [-0.2, 0) is 4.74 Å². The molecular formula is C20H24FN5O2. The molecule has 1 aromatic heterocycles. The molecule has 28 heavy (non-hydrogen) atoms. The number of halogens is 1. The Bertz CT molecular complexity index is 805. The van der Waals surface area contributed by atoms with E-state index in [-0.39, 0.29) is 18.0 Å². The van der Waals surface area contributed by atoms with Gasteiger partial charge in [0.1, 0.15) is 12.0 Å². The van der Waals surface area contributed by atoms with E-state index in [1.54, 1.807) is 4.90 Å². The number of urea groups is 1. The molecule has 0 bridgehead atoms. The average molecular weight is 385 g/mol. The van der Waals surface area contributed by atoms with E-state index in [4.69, 9.17) is 4.74 Å². The number of rotatable bonds is 4. The van der Waals surface area contributed by atoms with Crippen molar-refractivity contribution in [1.82, 2.24) is 20.2 Å². The van der Waals surface area contributed by atoms with E-state index >= 15 is 4.39 Å². The molecular weight excluding hydrogens is 361 g/mol. The van der Waals surface area contributed by atoms with Crippen LogP contribution in [0.4, 0.5) is 15.0 Å². The summed E-state index contributed by atoms with van der Waals surface area (Å²) in [6, 6.07) is 9.14. The first-order valence-electron chi connectivity index (χ1n) is 9.67. The van der Waals surface area contributed by atoms with Crippen LogP contribution in [0.15, 0.2) is 36.7 Å². The zero-order valence-corrected chi connectivity index (χ0v) is 15.7. The van der Waals surface area contributed by atoms with Crippen molar-refractivity contribution in [2.75, 3.05) is 44.2 Å². The number of carbonyl (C=O) groups is 1. The highest BCUT2D eigenvalue weighted by Gasteiger charge is 2.26. The molecule has 2 saturated heterocycles. The van der Waals surface area contributed by atoms with Gasteiger partial charge in [-0.05, 0) is 12.8 Å². The zero-order valence-electron chi connectivity index (χ0n) is 15.7. The summed E-state index contributed by atoms with van der Waals surface area (Å²) in [5, 5.41) is 2.93. The summed E-state index contributed by atoms with van der Waals surface area (Å²) in [6.45, 7) is 3.39. The van der Waals surface area contributed by atoms with Crippen molar-refractivity contribution in [3.05, 3.63) is 42.5 Å². The smallest absolute Gasteiger partial charge is 0.317 e. The summed E-state index contributed by atoms with van der Waals surface area (Å²) in [7, 11) is 0. The topological polar surface area (TPSA) is 70.6 Å². The number of ether oxygens (including phenoxy) is 1. The van der Waals surface area contributed by atoms with E-state index in [0.29, 0.717) is 38.4 Å². The van der Waals surface area contributed by atoms with Crippen molar-refractivity contribution in [3.63, 3.8) is 0 Å². The van der Waals surface area contributed by atoms with Gasteiger partial charge in [0.15, 0.2) is 11.6 Å². The van der Waals surface area contributed by atoms with Crippen LogP contribution >= 0.6 is 0 Å². The average Bonchev–Trinajstić information content (AvgIpc) is 3.27. The van der Waals surface area contributed by atoms with Gasteiger partial charge >= 0.3 is 6.03 Å². The Kier molecular flexibility index (Phi) is 5.66. The summed E-state index contributed by atoms with van der Waals surface area (Å²) >= 11 is 0. The molecule has 3 heterocycles. The van der Waals surface area contributed by atoms with E-state index in [1.807, 2.05) is 35.2 Å². The van der Waals surface area contributed by atoms with Crippen LogP contribution in [0.25, 0.3) is 11.3 Å². The van der Waals surface area contributed by atoms with Gasteiger partial charge in [-0.25, -0.2) is 19.2 Å². The van der Waals surface area contributed by atoms with Gasteiger partial charge < -0.3 is 19.9 Å². The number of nitrogens with one attached hydrogen (secondary N) is 1. The molecule has 1 unspecified atom stereocenters. The predicted octanol–water partition coefficient (Wildman–Crippen LogP) is 2.29. The predicted molar refractivity (Wildman–Crippen MR) is 104 cm³/mol. The number of amides is 2. The molecule has 148 valence electrons. The SMILES string of the molecule is O=C(NCC1CCCO1)N1CCN(c2ncnc(-c3ccccc3)c2F)CC1. The third-order valence-electron chi connectivity index (χ3n) is 5.19. The van der Waals surface area contributed by atoms with Crippen LogP contribution in [0.5, 0.6) is 0 Å². The van der Waals surface area contributed by atoms with Gasteiger partial charge in [-0.15, -0.1) is 0 Å². The molecule has 1 N–H and O–H groups in total. The summed E-state index contributed by atoms with van der Waals surface area (Å²) < 4.78 is 20.5. The minimum absolute atomic E-state index is 0.0942. The Morgan fingerprint density at radius 2 is 1.96 bits per heavy atom. The van der Waals surface area contributed by atoms with Crippen LogP contribution in [0, 0.1) is 5.82 Å². The van der Waals surface area contributed by atoms with E-state index < -0.39 is 5.82 Å². The van der Waals surface area contributed by atoms with E-state index in [0.717, 1.165) is 25.0 Å². The fraction of sp³-hybridized carbons (Fsp3) is 0.450. The maximum absolute atomic E-state index is 15.0. The van der Waals surface area contributed by atoms with Gasteiger partial charge in [0.05, 0.1) is 6.10 Å². The molecule has 4 rings (SSSR count). The first kappa shape index (κ1) is 18.6. The molecule has 2 fully saturated rings. The molecule has 0 radical (unpaired) electrons. The first-order chi connectivity index (χ1) is 13.7. The molecule has 0 aliphatic carbocycles. The first-order valence-corrected chi connectivity index (χ1v) is 9.67. The molecule has 2 aliphatic heterocycles.